The molecule has 3 aromatic heterocycles. The number of aromatic nitrogens is 6. The zero-order chi connectivity index (χ0) is 27.8. The molecule has 2 saturated carbocycles. The van der Waals surface area contributed by atoms with Gasteiger partial charge in [0.15, 0.2) is 0 Å². The lowest BCUT2D eigenvalue weighted by Crippen LogP contribution is -2.45. The summed E-state index contributed by atoms with van der Waals surface area (Å²) in [4.78, 5) is 20.9. The van der Waals surface area contributed by atoms with Crippen LogP contribution in [0.2, 0.25) is 0 Å². The van der Waals surface area contributed by atoms with Crippen molar-refractivity contribution in [2.75, 3.05) is 13.1 Å². The van der Waals surface area contributed by atoms with Gasteiger partial charge in [0.05, 0.1) is 28.0 Å². The number of rotatable bonds is 6. The highest BCUT2D eigenvalue weighted by Gasteiger charge is 2.48. The Balaban J connectivity index is 1.27. The van der Waals surface area contributed by atoms with E-state index in [1.807, 2.05) is 34.8 Å². The van der Waals surface area contributed by atoms with Crippen LogP contribution in [-0.2, 0) is 19.0 Å². The lowest BCUT2D eigenvalue weighted by atomic mass is 9.58. The highest BCUT2D eigenvalue weighted by atomic mass is 19.3. The van der Waals surface area contributed by atoms with Crippen LogP contribution in [0.1, 0.15) is 74.6 Å². The third-order valence-electron chi connectivity index (χ3n) is 9.30. The van der Waals surface area contributed by atoms with Crippen LogP contribution in [0.25, 0.3) is 11.2 Å². The third-order valence-corrected chi connectivity index (χ3v) is 9.30. The van der Waals surface area contributed by atoms with Gasteiger partial charge in [-0.3, -0.25) is 18.9 Å². The third kappa shape index (κ3) is 4.10. The van der Waals surface area contributed by atoms with Gasteiger partial charge in [0.2, 0.25) is 0 Å². The minimum Gasteiger partial charge on any atom is -0.320 e. The molecule has 0 bridgehead atoms. The minimum atomic E-state index is -2.63. The van der Waals surface area contributed by atoms with Crippen LogP contribution in [0.15, 0.2) is 47.8 Å². The predicted molar refractivity (Wildman–Crippen MR) is 147 cm³/mol. The molecule has 3 aliphatic rings. The smallest absolute Gasteiger partial charge is 0.320 e. The number of halogens is 2. The number of hydrogen-bond acceptors (Lipinski definition) is 5. The second kappa shape index (κ2) is 9.06. The first-order valence-corrected chi connectivity index (χ1v) is 14.3. The van der Waals surface area contributed by atoms with Gasteiger partial charge in [-0.25, -0.2) is 13.6 Å². The predicted octanol–water partition coefficient (Wildman–Crippen LogP) is 4.68. The topological polar surface area (TPSA) is 73.2 Å². The Morgan fingerprint density at radius 3 is 2.60 bits per heavy atom. The van der Waals surface area contributed by atoms with Crippen molar-refractivity contribution < 1.29 is 8.78 Å². The van der Waals surface area contributed by atoms with E-state index in [0.717, 1.165) is 59.7 Å². The molecule has 1 atom stereocenters. The molecular weight excluding hydrogens is 512 g/mol. The zero-order valence-electron chi connectivity index (χ0n) is 23.2. The van der Waals surface area contributed by atoms with E-state index in [9.17, 15) is 13.6 Å². The van der Waals surface area contributed by atoms with Gasteiger partial charge in [-0.2, -0.15) is 0 Å². The number of imidazole rings is 1. The molecule has 10 heteroatoms. The van der Waals surface area contributed by atoms with Crippen LogP contribution < -0.4 is 5.69 Å². The first-order chi connectivity index (χ1) is 19.1. The van der Waals surface area contributed by atoms with Gasteiger partial charge < -0.3 is 4.57 Å². The van der Waals surface area contributed by atoms with Crippen molar-refractivity contribution in [2.24, 2.45) is 18.9 Å². The monoisotopic (exact) mass is 547 g/mol. The number of nitrogens with zero attached hydrogens (tertiary/aromatic N) is 7. The first-order valence-electron chi connectivity index (χ1n) is 14.3. The fraction of sp³-hybridized carbons (Fsp3) is 0.533. The van der Waals surface area contributed by atoms with Crippen LogP contribution in [0.5, 0.6) is 0 Å². The number of hydrogen-bond donors (Lipinski definition) is 0. The van der Waals surface area contributed by atoms with Gasteiger partial charge >= 0.3 is 5.69 Å². The lowest BCUT2D eigenvalue weighted by molar-refractivity contribution is -0.100. The summed E-state index contributed by atoms with van der Waals surface area (Å²) in [7, 11) is 1.98. The molecule has 0 unspecified atom stereocenters. The maximum absolute atomic E-state index is 14.1. The van der Waals surface area contributed by atoms with Crippen LogP contribution in [-0.4, -0.2) is 52.6 Å². The van der Waals surface area contributed by atoms with E-state index in [2.05, 4.69) is 29.3 Å². The van der Waals surface area contributed by atoms with Crippen molar-refractivity contribution in [1.29, 1.82) is 0 Å². The van der Waals surface area contributed by atoms with E-state index in [1.165, 1.54) is 0 Å². The Bertz CT molecular complexity index is 1640. The summed E-state index contributed by atoms with van der Waals surface area (Å²) in [5, 5.41) is 8.61. The Morgan fingerprint density at radius 1 is 1.12 bits per heavy atom. The SMILES string of the molecule is CC1CC(c2cccc(-n3cc4c(C5CC5)nc(CN5CCC(F)(F)[C@H](C)C5)cn4c3=O)c2)(c2nncn2C)C1. The Labute approximate surface area is 231 Å². The second-order valence-electron chi connectivity index (χ2n) is 12.5. The fourth-order valence-electron chi connectivity index (χ4n) is 6.97. The molecule has 40 heavy (non-hydrogen) atoms. The molecule has 4 aromatic rings. The van der Waals surface area contributed by atoms with Crippen LogP contribution in [0, 0.1) is 11.8 Å². The summed E-state index contributed by atoms with van der Waals surface area (Å²) in [5.74, 6) is -1.46. The molecule has 0 radical (unpaired) electrons. The van der Waals surface area contributed by atoms with Crippen molar-refractivity contribution >= 4 is 5.52 Å². The fourth-order valence-corrected chi connectivity index (χ4v) is 6.97. The number of fused-ring (bicyclic) bond motifs is 1. The maximum atomic E-state index is 14.1. The lowest BCUT2D eigenvalue weighted by Gasteiger charge is -2.46. The number of alkyl halides is 2. The van der Waals surface area contributed by atoms with Gasteiger partial charge in [-0.1, -0.05) is 26.0 Å². The van der Waals surface area contributed by atoms with E-state index >= 15 is 0 Å². The second-order valence-corrected chi connectivity index (χ2v) is 12.5. The summed E-state index contributed by atoms with van der Waals surface area (Å²) in [6, 6.07) is 8.22. The van der Waals surface area contributed by atoms with E-state index in [1.54, 1.807) is 28.4 Å². The average molecular weight is 548 g/mol. The van der Waals surface area contributed by atoms with Crippen LogP contribution in [0.4, 0.5) is 8.78 Å². The molecule has 210 valence electrons. The van der Waals surface area contributed by atoms with Gasteiger partial charge in [-0.05, 0) is 49.3 Å². The summed E-state index contributed by atoms with van der Waals surface area (Å²) in [5.41, 5.74) is 4.08. The molecule has 0 N–H and O–H groups in total. The van der Waals surface area contributed by atoms with E-state index in [4.69, 9.17) is 4.98 Å². The molecule has 1 saturated heterocycles. The Morgan fingerprint density at radius 2 is 1.93 bits per heavy atom. The van der Waals surface area contributed by atoms with Crippen LogP contribution >= 0.6 is 0 Å². The quantitative estimate of drug-likeness (QED) is 0.350. The normalized spacial score (nSPS) is 26.7. The molecule has 1 aliphatic heterocycles. The zero-order valence-corrected chi connectivity index (χ0v) is 23.2. The van der Waals surface area contributed by atoms with Crippen LogP contribution in [0.3, 0.4) is 0 Å². The molecule has 2 aliphatic carbocycles. The standard InChI is InChI=1S/C30H35F2N7O/c1-19-12-29(13-19,27-35-33-18-36(27)3)22-5-4-6-24(11-22)38-17-25-26(21-7-8-21)34-23(16-39(25)28(38)40)15-37-10-9-30(31,32)20(2)14-37/h4-6,11,16-21H,7-10,12-15H2,1-3H3/t19?,20-,29?/m1/s1. The molecule has 4 heterocycles. The highest BCUT2D eigenvalue weighted by molar-refractivity contribution is 5.56. The largest absolute Gasteiger partial charge is 0.337 e. The van der Waals surface area contributed by atoms with Gasteiger partial charge in [-0.15, -0.1) is 10.2 Å². The van der Waals surface area contributed by atoms with Gasteiger partial charge in [0.25, 0.3) is 5.92 Å². The van der Waals surface area contributed by atoms with Crippen molar-refractivity contribution in [3.63, 3.8) is 0 Å². The number of benzene rings is 1. The maximum Gasteiger partial charge on any atom is 0.337 e. The van der Waals surface area contributed by atoms with E-state index in [0.29, 0.717) is 31.5 Å². The molecular formula is C30H35F2N7O. The molecule has 1 aromatic carbocycles. The minimum absolute atomic E-state index is 0.146. The first kappa shape index (κ1) is 25.6. The molecule has 8 nitrogen and oxygen atoms in total. The molecule has 0 amide bonds. The van der Waals surface area contributed by atoms with Crippen molar-refractivity contribution in [2.45, 2.75) is 69.8 Å². The summed E-state index contributed by atoms with van der Waals surface area (Å²) >= 11 is 0. The number of piperidine rings is 1. The average Bonchev–Trinajstić information content (AvgIpc) is 3.59. The van der Waals surface area contributed by atoms with Crippen molar-refractivity contribution in [1.82, 2.24) is 33.6 Å². The number of likely N-dealkylation sites (tertiary alicyclic amines) is 1. The van der Waals surface area contributed by atoms with Crippen molar-refractivity contribution in [3.8, 4) is 5.69 Å². The van der Waals surface area contributed by atoms with E-state index in [-0.39, 0.29) is 17.5 Å². The van der Waals surface area contributed by atoms with Gasteiger partial charge in [0, 0.05) is 57.3 Å². The highest BCUT2D eigenvalue weighted by Crippen LogP contribution is 2.51. The summed E-state index contributed by atoms with van der Waals surface area (Å²) < 4.78 is 33.5. The summed E-state index contributed by atoms with van der Waals surface area (Å²) in [6.45, 7) is 4.96. The van der Waals surface area contributed by atoms with Gasteiger partial charge in [0.1, 0.15) is 12.2 Å². The molecule has 0 spiro atoms. The van der Waals surface area contributed by atoms with Crippen molar-refractivity contribution in [3.05, 3.63) is 76.2 Å². The summed E-state index contributed by atoms with van der Waals surface area (Å²) in [6.07, 6.45) is 9.37. The number of aryl methyl sites for hydroxylation is 1. The Kier molecular flexibility index (Phi) is 5.79. The molecule has 3 fully saturated rings. The Hall–Kier alpha value is -3.40. The van der Waals surface area contributed by atoms with E-state index < -0.39 is 11.8 Å². The molecule has 7 rings (SSSR count).